The van der Waals surface area contributed by atoms with Crippen LogP contribution >= 0.6 is 0 Å². The fourth-order valence-corrected chi connectivity index (χ4v) is 3.03. The number of alkyl halides is 6. The van der Waals surface area contributed by atoms with E-state index in [4.69, 9.17) is 26.9 Å². The largest absolute Gasteiger partial charge is 0.741 e. The highest BCUT2D eigenvalue weighted by molar-refractivity contribution is 7.86. The molecule has 37 heavy (non-hydrogen) atoms. The van der Waals surface area contributed by atoms with E-state index in [-0.39, 0.29) is 0 Å². The van der Waals surface area contributed by atoms with E-state index in [1.165, 1.54) is 23.8 Å². The molecule has 15 heteroatoms. The number of nitrogens with zero attached hydrogens (tertiary/aromatic N) is 1. The number of unbranched alkanes of at least 4 members (excludes halogenated alkanes) is 1. The third kappa shape index (κ3) is 8.63. The summed E-state index contributed by atoms with van der Waals surface area (Å²) >= 11 is 0. The molecule has 0 saturated heterocycles. The summed E-state index contributed by atoms with van der Waals surface area (Å²) < 4.78 is 115. The average Bonchev–Trinajstić information content (AvgIpc) is 2.77. The minimum atomic E-state index is -6.09. The Morgan fingerprint density at radius 3 is 2.24 bits per heavy atom. The minimum Gasteiger partial charge on any atom is -0.741 e. The van der Waals surface area contributed by atoms with Crippen LogP contribution in [0, 0.1) is 6.92 Å². The van der Waals surface area contributed by atoms with Crippen LogP contribution in [0.15, 0.2) is 51.8 Å². The van der Waals surface area contributed by atoms with Gasteiger partial charge in [0, 0.05) is 23.9 Å². The van der Waals surface area contributed by atoms with E-state index in [0.29, 0.717) is 43.2 Å². The van der Waals surface area contributed by atoms with Gasteiger partial charge in [-0.05, 0) is 37.1 Å². The lowest BCUT2D eigenvalue weighted by Crippen LogP contribution is -2.36. The highest BCUT2D eigenvalue weighted by atomic mass is 32.2. The molecule has 204 valence electrons. The molecule has 0 bridgehead atoms. The van der Waals surface area contributed by atoms with Gasteiger partial charge >= 0.3 is 23.2 Å². The summed E-state index contributed by atoms with van der Waals surface area (Å²) in [6.07, 6.45) is -2.12. The second kappa shape index (κ2) is 11.8. The Morgan fingerprint density at radius 2 is 1.68 bits per heavy atom. The van der Waals surface area contributed by atoms with Gasteiger partial charge in [-0.3, -0.25) is 0 Å². The molecule has 0 saturated carbocycles. The summed E-state index contributed by atoms with van der Waals surface area (Å²) in [6.45, 7) is 2.57. The average molecular weight is 557 g/mol. The zero-order valence-corrected chi connectivity index (χ0v) is 20.2. The van der Waals surface area contributed by atoms with Crippen molar-refractivity contribution < 1.29 is 57.8 Å². The lowest BCUT2D eigenvalue weighted by molar-refractivity contribution is -0.702. The summed E-state index contributed by atoms with van der Waals surface area (Å²) in [6, 6.07) is 9.02. The number of halogens is 6. The van der Waals surface area contributed by atoms with Gasteiger partial charge in [-0.1, -0.05) is 0 Å². The molecule has 2 heterocycles. The Labute approximate surface area is 206 Å². The van der Waals surface area contributed by atoms with Gasteiger partial charge in [0.25, 0.3) is 0 Å². The van der Waals surface area contributed by atoms with Gasteiger partial charge in [0.2, 0.25) is 0 Å². The van der Waals surface area contributed by atoms with Crippen molar-refractivity contribution in [2.75, 3.05) is 13.7 Å². The molecular formula is C22H21F6NO7S. The number of pyridine rings is 1. The van der Waals surface area contributed by atoms with Crippen LogP contribution in [0.3, 0.4) is 0 Å². The highest BCUT2D eigenvalue weighted by Crippen LogP contribution is 2.29. The fourth-order valence-electron chi connectivity index (χ4n) is 3.03. The SMILES string of the molecule is COc1ccc(C(F)(F)F)c[n+]1CCCCOc1ccc2c(C)cc(=O)oc2c1.O=S(=O)([O-])C(F)(F)F. The summed E-state index contributed by atoms with van der Waals surface area (Å²) in [4.78, 5) is 11.5. The molecule has 0 aliphatic carbocycles. The van der Waals surface area contributed by atoms with Crippen molar-refractivity contribution in [3.8, 4) is 11.6 Å². The smallest absolute Gasteiger partial charge is 0.485 e. The third-order valence-corrected chi connectivity index (χ3v) is 5.36. The van der Waals surface area contributed by atoms with Gasteiger partial charge in [0.05, 0.1) is 19.8 Å². The van der Waals surface area contributed by atoms with Crippen LogP contribution in [0.4, 0.5) is 26.3 Å². The van der Waals surface area contributed by atoms with Gasteiger partial charge in [0.15, 0.2) is 22.9 Å². The maximum Gasteiger partial charge on any atom is 0.485 e. The van der Waals surface area contributed by atoms with Gasteiger partial charge in [0.1, 0.15) is 16.9 Å². The highest BCUT2D eigenvalue weighted by Gasteiger charge is 2.37. The second-order valence-electron chi connectivity index (χ2n) is 7.51. The van der Waals surface area contributed by atoms with Crippen molar-refractivity contribution in [1.82, 2.24) is 0 Å². The molecule has 0 aliphatic heterocycles. The van der Waals surface area contributed by atoms with Gasteiger partial charge < -0.3 is 18.4 Å². The van der Waals surface area contributed by atoms with Crippen LogP contribution in [0.25, 0.3) is 11.0 Å². The number of rotatable bonds is 7. The van der Waals surface area contributed by atoms with Crippen LogP contribution in [0.5, 0.6) is 11.6 Å². The van der Waals surface area contributed by atoms with Crippen molar-refractivity contribution in [3.05, 3.63) is 64.1 Å². The van der Waals surface area contributed by atoms with E-state index in [2.05, 4.69) is 0 Å². The van der Waals surface area contributed by atoms with Crippen LogP contribution in [-0.4, -0.2) is 32.2 Å². The normalized spacial score (nSPS) is 12.1. The fraction of sp³-hybridized carbons (Fsp3) is 0.364. The molecule has 2 aromatic heterocycles. The molecule has 0 spiro atoms. The molecule has 0 amide bonds. The summed E-state index contributed by atoms with van der Waals surface area (Å²) in [5.74, 6) is 0.925. The lowest BCUT2D eigenvalue weighted by atomic mass is 10.1. The monoisotopic (exact) mass is 557 g/mol. The first-order valence-corrected chi connectivity index (χ1v) is 11.8. The molecule has 0 aliphatic rings. The topological polar surface area (TPSA) is 110 Å². The maximum absolute atomic E-state index is 12.9. The van der Waals surface area contributed by atoms with Crippen molar-refractivity contribution in [2.45, 2.75) is 38.0 Å². The summed E-state index contributed by atoms with van der Waals surface area (Å²) in [5.41, 5.74) is -5.50. The van der Waals surface area contributed by atoms with E-state index in [1.54, 1.807) is 12.1 Å². The Kier molecular flexibility index (Phi) is 9.54. The number of methoxy groups -OCH3 is 1. The van der Waals surface area contributed by atoms with Crippen molar-refractivity contribution in [1.29, 1.82) is 0 Å². The van der Waals surface area contributed by atoms with E-state index in [1.807, 2.05) is 13.0 Å². The number of fused-ring (bicyclic) bond motifs is 1. The van der Waals surface area contributed by atoms with E-state index in [9.17, 15) is 31.1 Å². The zero-order valence-electron chi connectivity index (χ0n) is 19.4. The summed E-state index contributed by atoms with van der Waals surface area (Å²) in [7, 11) is -4.67. The first-order valence-electron chi connectivity index (χ1n) is 10.4. The minimum absolute atomic E-state index is 0.360. The third-order valence-electron chi connectivity index (χ3n) is 4.79. The van der Waals surface area contributed by atoms with Crippen LogP contribution < -0.4 is 19.7 Å². The molecular weight excluding hydrogens is 536 g/mol. The summed E-state index contributed by atoms with van der Waals surface area (Å²) in [5, 5.41) is 0.838. The van der Waals surface area contributed by atoms with Gasteiger partial charge in [-0.2, -0.15) is 30.9 Å². The Morgan fingerprint density at radius 1 is 1.03 bits per heavy atom. The zero-order chi connectivity index (χ0) is 28.0. The predicted molar refractivity (Wildman–Crippen MR) is 116 cm³/mol. The number of aryl methyl sites for hydroxylation is 2. The van der Waals surface area contributed by atoms with E-state index in [0.717, 1.165) is 23.2 Å². The van der Waals surface area contributed by atoms with Crippen LogP contribution in [-0.2, 0) is 22.8 Å². The predicted octanol–water partition coefficient (Wildman–Crippen LogP) is 4.33. The number of benzene rings is 1. The van der Waals surface area contributed by atoms with E-state index >= 15 is 0 Å². The standard InChI is InChI=1S/C21H21F3NO4.CHF3O3S/c1-14-11-20(26)29-18-12-16(6-7-17(14)18)28-10-4-3-9-25-13-15(21(22,23)24)5-8-19(25)27-2;2-1(3,4)8(5,6)7/h5-8,11-13H,3-4,9-10H2,1-2H3;(H,5,6,7)/q+1;/p-1. The molecule has 0 unspecified atom stereocenters. The van der Waals surface area contributed by atoms with Crippen molar-refractivity contribution >= 4 is 21.1 Å². The molecule has 0 atom stereocenters. The quantitative estimate of drug-likeness (QED) is 0.106. The molecule has 0 N–H and O–H groups in total. The number of aromatic nitrogens is 1. The molecule has 3 rings (SSSR count). The number of ether oxygens (including phenoxy) is 2. The molecule has 0 fully saturated rings. The maximum atomic E-state index is 12.9. The lowest BCUT2D eigenvalue weighted by Gasteiger charge is -2.09. The second-order valence-corrected chi connectivity index (χ2v) is 8.88. The Bertz CT molecular complexity index is 1390. The number of hydrogen-bond donors (Lipinski definition) is 0. The first kappa shape index (κ1) is 29.9. The Hall–Kier alpha value is -3.33. The van der Waals surface area contributed by atoms with Crippen LogP contribution in [0.2, 0.25) is 0 Å². The molecule has 3 aromatic rings. The molecule has 8 nitrogen and oxygen atoms in total. The van der Waals surface area contributed by atoms with Crippen LogP contribution in [0.1, 0.15) is 24.0 Å². The van der Waals surface area contributed by atoms with E-state index < -0.39 is 33.0 Å². The van der Waals surface area contributed by atoms with Crippen molar-refractivity contribution in [2.24, 2.45) is 0 Å². The molecule has 1 aromatic carbocycles. The first-order chi connectivity index (χ1) is 17.0. The van der Waals surface area contributed by atoms with Crippen molar-refractivity contribution in [3.63, 3.8) is 0 Å². The Balaban J connectivity index is 0.000000521. The molecule has 0 radical (unpaired) electrons. The van der Waals surface area contributed by atoms with Gasteiger partial charge in [-0.15, -0.1) is 0 Å². The van der Waals surface area contributed by atoms with Gasteiger partial charge in [-0.25, -0.2) is 13.2 Å². The number of hydrogen-bond acceptors (Lipinski definition) is 7.